The van der Waals surface area contributed by atoms with Crippen LogP contribution in [0.15, 0.2) is 47.7 Å². The Kier molecular flexibility index (Phi) is 5.54. The maximum absolute atomic E-state index is 13.0. The number of piperidine rings is 1. The van der Waals surface area contributed by atoms with Crippen LogP contribution in [0.5, 0.6) is 5.75 Å². The first kappa shape index (κ1) is 20.3. The van der Waals surface area contributed by atoms with Gasteiger partial charge in [-0.15, -0.1) is 11.3 Å². The maximum atomic E-state index is 13.0. The van der Waals surface area contributed by atoms with Crippen molar-refractivity contribution in [2.75, 3.05) is 13.7 Å². The predicted molar refractivity (Wildman–Crippen MR) is 124 cm³/mol. The largest absolute Gasteiger partial charge is 0.501 e. The van der Waals surface area contributed by atoms with Crippen molar-refractivity contribution >= 4 is 27.6 Å². The molecule has 5 rings (SSSR count). The summed E-state index contributed by atoms with van der Waals surface area (Å²) in [5.74, 6) is 0.860. The van der Waals surface area contributed by atoms with Crippen molar-refractivity contribution in [3.63, 3.8) is 0 Å². The van der Waals surface area contributed by atoms with Crippen molar-refractivity contribution < 1.29 is 9.47 Å². The van der Waals surface area contributed by atoms with Crippen LogP contribution in [0.3, 0.4) is 0 Å². The van der Waals surface area contributed by atoms with Gasteiger partial charge < -0.3 is 14.4 Å². The van der Waals surface area contributed by atoms with Crippen LogP contribution in [0.2, 0.25) is 0 Å². The molecule has 3 atom stereocenters. The van der Waals surface area contributed by atoms with Gasteiger partial charge in [-0.05, 0) is 76.1 Å². The van der Waals surface area contributed by atoms with Crippen molar-refractivity contribution in [3.05, 3.63) is 58.2 Å². The van der Waals surface area contributed by atoms with Gasteiger partial charge in [-0.1, -0.05) is 0 Å². The minimum Gasteiger partial charge on any atom is -0.501 e. The fourth-order valence-electron chi connectivity index (χ4n) is 4.74. The molecule has 0 saturated carbocycles. The molecule has 6 nitrogen and oxygen atoms in total. The minimum absolute atomic E-state index is 0.0633. The van der Waals surface area contributed by atoms with Gasteiger partial charge >= 0.3 is 0 Å². The fourth-order valence-corrected chi connectivity index (χ4v) is 5.68. The molecule has 2 aromatic heterocycles. The van der Waals surface area contributed by atoms with E-state index in [4.69, 9.17) is 9.47 Å². The Balaban J connectivity index is 1.33. The Hall–Kier alpha value is -2.64. The summed E-state index contributed by atoms with van der Waals surface area (Å²) in [6.45, 7) is 2.55. The lowest BCUT2D eigenvalue weighted by Crippen LogP contribution is -2.43. The molecule has 2 aliphatic heterocycles. The van der Waals surface area contributed by atoms with Gasteiger partial charge in [-0.3, -0.25) is 9.36 Å². The number of thiophene rings is 1. The van der Waals surface area contributed by atoms with Gasteiger partial charge in [-0.2, -0.15) is 0 Å². The van der Waals surface area contributed by atoms with Crippen LogP contribution in [0.1, 0.15) is 37.5 Å². The van der Waals surface area contributed by atoms with Crippen LogP contribution in [-0.4, -0.2) is 46.3 Å². The van der Waals surface area contributed by atoms with E-state index in [0.29, 0.717) is 28.9 Å². The molecule has 0 aliphatic carbocycles. The zero-order valence-corrected chi connectivity index (χ0v) is 18.7. The van der Waals surface area contributed by atoms with E-state index in [-0.39, 0.29) is 11.7 Å². The average molecular weight is 438 g/mol. The van der Waals surface area contributed by atoms with Crippen molar-refractivity contribution in [1.29, 1.82) is 0 Å². The molecule has 162 valence electrons. The number of benzene rings is 1. The van der Waals surface area contributed by atoms with Crippen LogP contribution < -0.4 is 10.3 Å². The third kappa shape index (κ3) is 4.00. The van der Waals surface area contributed by atoms with Crippen LogP contribution >= 0.6 is 11.3 Å². The highest BCUT2D eigenvalue weighted by atomic mass is 32.1. The highest BCUT2D eigenvalue weighted by Crippen LogP contribution is 2.36. The Morgan fingerprint density at radius 2 is 1.94 bits per heavy atom. The number of hydrogen-bond donors (Lipinski definition) is 0. The van der Waals surface area contributed by atoms with Gasteiger partial charge in [-0.25, -0.2) is 4.98 Å². The summed E-state index contributed by atoms with van der Waals surface area (Å²) in [5.41, 5.74) is 1.43. The second-order valence-electron chi connectivity index (χ2n) is 8.30. The molecular formula is C24H27N3O3S. The summed E-state index contributed by atoms with van der Waals surface area (Å²) in [6, 6.07) is 11.0. The van der Waals surface area contributed by atoms with E-state index in [1.165, 1.54) is 24.2 Å². The first-order chi connectivity index (χ1) is 15.1. The second kappa shape index (κ2) is 8.48. The van der Waals surface area contributed by atoms with Crippen LogP contribution in [0.4, 0.5) is 0 Å². The van der Waals surface area contributed by atoms with Gasteiger partial charge in [0.15, 0.2) is 0 Å². The topological polar surface area (TPSA) is 56.6 Å². The molecule has 0 radical (unpaired) electrons. The highest BCUT2D eigenvalue weighted by Gasteiger charge is 2.39. The Labute approximate surface area is 185 Å². The Morgan fingerprint density at radius 3 is 2.65 bits per heavy atom. The molecule has 1 aromatic carbocycles. The maximum Gasteiger partial charge on any atom is 0.275 e. The van der Waals surface area contributed by atoms with E-state index in [1.54, 1.807) is 17.2 Å². The van der Waals surface area contributed by atoms with E-state index in [1.807, 2.05) is 43.3 Å². The monoisotopic (exact) mass is 437 g/mol. The number of aromatic nitrogens is 2. The van der Waals surface area contributed by atoms with E-state index >= 15 is 0 Å². The Morgan fingerprint density at radius 1 is 1.19 bits per heavy atom. The molecule has 2 fully saturated rings. The third-order valence-corrected chi connectivity index (χ3v) is 7.50. The normalized spacial score (nSPS) is 23.6. The highest BCUT2D eigenvalue weighted by molar-refractivity contribution is 7.19. The summed E-state index contributed by atoms with van der Waals surface area (Å²) >= 11 is 1.42. The molecule has 1 unspecified atom stereocenters. The van der Waals surface area contributed by atoms with Crippen molar-refractivity contribution in [3.8, 4) is 11.4 Å². The molecule has 2 aliphatic rings. The Bertz CT molecular complexity index is 1140. The molecule has 2 saturated heterocycles. The lowest BCUT2D eigenvalue weighted by atomic mass is 10.0. The second-order valence-corrected chi connectivity index (χ2v) is 9.38. The lowest BCUT2D eigenvalue weighted by Gasteiger charge is -2.36. The van der Waals surface area contributed by atoms with Crippen LogP contribution in [0.25, 0.3) is 22.0 Å². The molecule has 3 aromatic rings. The predicted octanol–water partition coefficient (Wildman–Crippen LogP) is 4.46. The zero-order valence-electron chi connectivity index (χ0n) is 17.9. The first-order valence-electron chi connectivity index (χ1n) is 10.9. The van der Waals surface area contributed by atoms with Gasteiger partial charge in [0.05, 0.1) is 24.1 Å². The van der Waals surface area contributed by atoms with Gasteiger partial charge in [0.25, 0.3) is 5.56 Å². The van der Waals surface area contributed by atoms with Crippen molar-refractivity contribution in [2.45, 2.75) is 50.8 Å². The molecule has 31 heavy (non-hydrogen) atoms. The van der Waals surface area contributed by atoms with E-state index in [0.717, 1.165) is 29.2 Å². The molecule has 0 amide bonds. The molecule has 0 N–H and O–H groups in total. The average Bonchev–Trinajstić information content (AvgIpc) is 3.26. The molecule has 7 heteroatoms. The summed E-state index contributed by atoms with van der Waals surface area (Å²) in [4.78, 5) is 21.0. The quantitative estimate of drug-likeness (QED) is 0.533. The number of fused-ring (bicyclic) bond motifs is 3. The lowest BCUT2D eigenvalue weighted by molar-refractivity contribution is 0.0662. The number of hydrogen-bond acceptors (Lipinski definition) is 6. The van der Waals surface area contributed by atoms with Gasteiger partial charge in [0.1, 0.15) is 22.9 Å². The first-order valence-corrected chi connectivity index (χ1v) is 11.7. The van der Waals surface area contributed by atoms with E-state index < -0.39 is 0 Å². The molecule has 2 bridgehead atoms. The zero-order chi connectivity index (χ0) is 21.4. The van der Waals surface area contributed by atoms with Gasteiger partial charge in [0.2, 0.25) is 0 Å². The van der Waals surface area contributed by atoms with Crippen LogP contribution in [-0.2, 0) is 4.74 Å². The SMILES string of the molecule is CCOC=Cc1cc2ncn(-c3ccc(OC4C[C@H]5CC[C@@H](C4)N5C)cc3)c(=O)c2s1. The fraction of sp³-hybridized carbons (Fsp3) is 0.417. The molecular weight excluding hydrogens is 410 g/mol. The van der Waals surface area contributed by atoms with E-state index in [9.17, 15) is 4.79 Å². The minimum atomic E-state index is -0.0633. The van der Waals surface area contributed by atoms with Crippen molar-refractivity contribution in [1.82, 2.24) is 14.5 Å². The number of nitrogens with zero attached hydrogens (tertiary/aromatic N) is 3. The summed E-state index contributed by atoms with van der Waals surface area (Å²) < 4.78 is 13.8. The standard InChI is InChI=1S/C24H27N3O3S/c1-3-29-11-10-21-14-22-23(31-21)24(28)27(15-25-22)16-6-8-19(9-7-16)30-20-12-17-4-5-18(13-20)26(17)2/h6-11,14-15,17-18,20H,3-5,12-13H2,1-2H3/t17-,18+,20?. The summed E-state index contributed by atoms with van der Waals surface area (Å²) in [7, 11) is 2.24. The summed E-state index contributed by atoms with van der Waals surface area (Å²) in [6.07, 6.45) is 10.1. The number of rotatable bonds is 6. The van der Waals surface area contributed by atoms with Crippen LogP contribution in [0, 0.1) is 0 Å². The summed E-state index contributed by atoms with van der Waals surface area (Å²) in [5, 5.41) is 0. The van der Waals surface area contributed by atoms with Gasteiger partial charge in [0, 0.05) is 17.0 Å². The smallest absolute Gasteiger partial charge is 0.275 e. The third-order valence-electron chi connectivity index (χ3n) is 6.42. The molecule has 0 spiro atoms. The molecule has 4 heterocycles. The van der Waals surface area contributed by atoms with Crippen molar-refractivity contribution in [2.24, 2.45) is 0 Å². The number of ether oxygens (including phenoxy) is 2. The van der Waals surface area contributed by atoms with E-state index in [2.05, 4.69) is 16.9 Å².